The minimum Gasteiger partial charge on any atom is -0.481 e. The number of nitrogens with one attached hydrogen (secondary N) is 1. The largest absolute Gasteiger partial charge is 0.481 e. The number of likely N-dealkylation sites (tertiary alicyclic amines) is 1. The van der Waals surface area contributed by atoms with Gasteiger partial charge in [-0.25, -0.2) is 0 Å². The summed E-state index contributed by atoms with van der Waals surface area (Å²) >= 11 is 0. The average molecular weight is 346 g/mol. The van der Waals surface area contributed by atoms with E-state index in [4.69, 9.17) is 5.11 Å². The molecule has 6 heteroatoms. The van der Waals surface area contributed by atoms with E-state index < -0.39 is 16.9 Å². The second-order valence-electron chi connectivity index (χ2n) is 7.40. The van der Waals surface area contributed by atoms with Crippen molar-refractivity contribution in [3.05, 3.63) is 35.9 Å². The summed E-state index contributed by atoms with van der Waals surface area (Å²) in [6.45, 7) is 5.84. The zero-order valence-electron chi connectivity index (χ0n) is 15.0. The van der Waals surface area contributed by atoms with Gasteiger partial charge in [0.15, 0.2) is 0 Å². The number of hydrogen-bond donors (Lipinski definition) is 2. The summed E-state index contributed by atoms with van der Waals surface area (Å²) in [5.74, 6) is -1.27. The van der Waals surface area contributed by atoms with Gasteiger partial charge in [0.2, 0.25) is 5.91 Å². The first-order valence-electron chi connectivity index (χ1n) is 8.57. The van der Waals surface area contributed by atoms with Gasteiger partial charge in [-0.3, -0.25) is 14.4 Å². The van der Waals surface area contributed by atoms with E-state index in [1.165, 1.54) is 0 Å². The van der Waals surface area contributed by atoms with Crippen molar-refractivity contribution in [2.45, 2.75) is 45.6 Å². The van der Waals surface area contributed by atoms with E-state index in [9.17, 15) is 14.4 Å². The van der Waals surface area contributed by atoms with Crippen LogP contribution >= 0.6 is 0 Å². The van der Waals surface area contributed by atoms with Gasteiger partial charge in [0.05, 0.1) is 5.41 Å². The Morgan fingerprint density at radius 2 is 1.88 bits per heavy atom. The minimum atomic E-state index is -0.902. The standard InChI is InChI=1S/C19H26N2O4/c1-18(2,17(24)25)11-12-20-16(23)19(3)10-7-13-21(19)15(22)14-8-5-4-6-9-14/h4-6,8-9H,7,10-13H2,1-3H3,(H,20,23)(H,24,25). The molecule has 0 aromatic heterocycles. The van der Waals surface area contributed by atoms with Gasteiger partial charge in [-0.15, -0.1) is 0 Å². The number of carboxylic acids is 1. The van der Waals surface area contributed by atoms with Crippen molar-refractivity contribution in [3.63, 3.8) is 0 Å². The molecule has 1 aromatic rings. The molecular formula is C19H26N2O4. The summed E-state index contributed by atoms with van der Waals surface area (Å²) in [5, 5.41) is 12.0. The molecule has 1 aromatic carbocycles. The van der Waals surface area contributed by atoms with E-state index >= 15 is 0 Å². The number of nitrogens with zero attached hydrogens (tertiary/aromatic N) is 1. The number of rotatable bonds is 6. The van der Waals surface area contributed by atoms with Crippen LogP contribution < -0.4 is 5.32 Å². The first kappa shape index (κ1) is 19.0. The molecule has 25 heavy (non-hydrogen) atoms. The number of carboxylic acid groups (broad SMARTS) is 1. The average Bonchev–Trinajstić information content (AvgIpc) is 2.97. The van der Waals surface area contributed by atoms with Gasteiger partial charge in [0.1, 0.15) is 5.54 Å². The van der Waals surface area contributed by atoms with Gasteiger partial charge in [-0.05, 0) is 52.2 Å². The fourth-order valence-electron chi connectivity index (χ4n) is 3.05. The summed E-state index contributed by atoms with van der Waals surface area (Å²) in [6.07, 6.45) is 1.69. The Balaban J connectivity index is 2.04. The van der Waals surface area contributed by atoms with Gasteiger partial charge < -0.3 is 15.3 Å². The van der Waals surface area contributed by atoms with Gasteiger partial charge in [-0.2, -0.15) is 0 Å². The van der Waals surface area contributed by atoms with E-state index in [0.29, 0.717) is 24.9 Å². The first-order chi connectivity index (χ1) is 11.7. The van der Waals surface area contributed by atoms with E-state index in [0.717, 1.165) is 6.42 Å². The van der Waals surface area contributed by atoms with E-state index in [1.54, 1.807) is 49.9 Å². The Morgan fingerprint density at radius 3 is 2.48 bits per heavy atom. The van der Waals surface area contributed by atoms with Crippen LogP contribution in [-0.2, 0) is 9.59 Å². The molecule has 1 heterocycles. The van der Waals surface area contributed by atoms with Gasteiger partial charge in [0.25, 0.3) is 5.91 Å². The molecule has 1 fully saturated rings. The maximum atomic E-state index is 12.8. The highest BCUT2D eigenvalue weighted by molar-refractivity contribution is 5.99. The lowest BCUT2D eigenvalue weighted by Crippen LogP contribution is -2.55. The number of amides is 2. The van der Waals surface area contributed by atoms with Crippen molar-refractivity contribution in [2.75, 3.05) is 13.1 Å². The molecule has 0 saturated carbocycles. The summed E-state index contributed by atoms with van der Waals surface area (Å²) in [5.41, 5.74) is -1.24. The van der Waals surface area contributed by atoms with Crippen molar-refractivity contribution in [1.82, 2.24) is 10.2 Å². The number of benzene rings is 1. The molecule has 2 amide bonds. The molecule has 1 aliphatic rings. The normalized spacial score (nSPS) is 20.4. The van der Waals surface area contributed by atoms with Crippen molar-refractivity contribution in [1.29, 1.82) is 0 Å². The lowest BCUT2D eigenvalue weighted by atomic mass is 9.89. The zero-order chi connectivity index (χ0) is 18.7. The molecule has 6 nitrogen and oxygen atoms in total. The smallest absolute Gasteiger partial charge is 0.309 e. The van der Waals surface area contributed by atoms with E-state index in [1.807, 2.05) is 6.07 Å². The Labute approximate surface area is 148 Å². The quantitative estimate of drug-likeness (QED) is 0.827. The van der Waals surface area contributed by atoms with E-state index in [-0.39, 0.29) is 18.4 Å². The fraction of sp³-hybridized carbons (Fsp3) is 0.526. The van der Waals surface area contributed by atoms with Crippen LogP contribution in [-0.4, -0.2) is 46.4 Å². The zero-order valence-corrected chi connectivity index (χ0v) is 15.0. The van der Waals surface area contributed by atoms with Crippen LogP contribution in [0.3, 0.4) is 0 Å². The number of carbonyl (C=O) groups excluding carboxylic acids is 2. The maximum absolute atomic E-state index is 12.8. The number of aliphatic carboxylic acids is 1. The minimum absolute atomic E-state index is 0.151. The van der Waals surface area contributed by atoms with Gasteiger partial charge >= 0.3 is 5.97 Å². The fourth-order valence-corrected chi connectivity index (χ4v) is 3.05. The molecule has 2 N–H and O–H groups in total. The van der Waals surface area contributed by atoms with Crippen LogP contribution in [0.2, 0.25) is 0 Å². The van der Waals surface area contributed by atoms with Crippen molar-refractivity contribution in [3.8, 4) is 0 Å². The van der Waals surface area contributed by atoms with Gasteiger partial charge in [0, 0.05) is 18.7 Å². The SMILES string of the molecule is CC(C)(CCNC(=O)C1(C)CCCN1C(=O)c1ccccc1)C(=O)O. The van der Waals surface area contributed by atoms with Crippen molar-refractivity contribution >= 4 is 17.8 Å². The molecule has 0 aliphatic carbocycles. The predicted molar refractivity (Wildman–Crippen MR) is 94.2 cm³/mol. The van der Waals surface area contributed by atoms with Crippen molar-refractivity contribution in [2.24, 2.45) is 5.41 Å². The number of carbonyl (C=O) groups is 3. The Kier molecular flexibility index (Phi) is 5.50. The molecule has 136 valence electrons. The number of hydrogen-bond acceptors (Lipinski definition) is 3. The third-order valence-corrected chi connectivity index (χ3v) is 5.01. The van der Waals surface area contributed by atoms with Crippen LogP contribution in [0, 0.1) is 5.41 Å². The summed E-state index contributed by atoms with van der Waals surface area (Å²) < 4.78 is 0. The molecule has 0 spiro atoms. The molecular weight excluding hydrogens is 320 g/mol. The summed E-state index contributed by atoms with van der Waals surface area (Å²) in [7, 11) is 0. The molecule has 1 unspecified atom stereocenters. The van der Waals surface area contributed by atoms with Gasteiger partial charge in [-0.1, -0.05) is 18.2 Å². The molecule has 1 atom stereocenters. The Bertz CT molecular complexity index is 657. The lowest BCUT2D eigenvalue weighted by molar-refractivity contribution is -0.147. The Morgan fingerprint density at radius 1 is 1.24 bits per heavy atom. The highest BCUT2D eigenvalue weighted by Crippen LogP contribution is 2.31. The summed E-state index contributed by atoms with van der Waals surface area (Å²) in [4.78, 5) is 38.2. The molecule has 0 bridgehead atoms. The van der Waals surface area contributed by atoms with Crippen LogP contribution in [0.1, 0.15) is 50.4 Å². The van der Waals surface area contributed by atoms with Crippen molar-refractivity contribution < 1.29 is 19.5 Å². The predicted octanol–water partition coefficient (Wildman–Crippen LogP) is 2.30. The lowest BCUT2D eigenvalue weighted by Gasteiger charge is -2.34. The van der Waals surface area contributed by atoms with Crippen LogP contribution in [0.25, 0.3) is 0 Å². The highest BCUT2D eigenvalue weighted by Gasteiger charge is 2.45. The van der Waals surface area contributed by atoms with Crippen LogP contribution in [0.4, 0.5) is 0 Å². The third-order valence-electron chi connectivity index (χ3n) is 5.01. The second-order valence-corrected chi connectivity index (χ2v) is 7.40. The topological polar surface area (TPSA) is 86.7 Å². The first-order valence-corrected chi connectivity index (χ1v) is 8.57. The van der Waals surface area contributed by atoms with Crippen LogP contribution in [0.15, 0.2) is 30.3 Å². The maximum Gasteiger partial charge on any atom is 0.309 e. The Hall–Kier alpha value is -2.37. The summed E-state index contributed by atoms with van der Waals surface area (Å²) in [6, 6.07) is 8.93. The molecule has 2 rings (SSSR count). The second kappa shape index (κ2) is 7.25. The van der Waals surface area contributed by atoms with Crippen LogP contribution in [0.5, 0.6) is 0 Å². The molecule has 1 saturated heterocycles. The third kappa shape index (κ3) is 4.00. The monoisotopic (exact) mass is 346 g/mol. The van der Waals surface area contributed by atoms with E-state index in [2.05, 4.69) is 5.32 Å². The molecule has 1 aliphatic heterocycles. The highest BCUT2D eigenvalue weighted by atomic mass is 16.4. The molecule has 0 radical (unpaired) electrons.